The minimum Gasteiger partial charge on any atom is -0.378 e. The maximum Gasteiger partial charge on any atom is 0.311 e. The van der Waals surface area contributed by atoms with Crippen molar-refractivity contribution in [3.8, 4) is 0 Å². The predicted molar refractivity (Wildman–Crippen MR) is 79.0 cm³/mol. The third-order valence-corrected chi connectivity index (χ3v) is 2.90. The van der Waals surface area contributed by atoms with Crippen molar-refractivity contribution in [2.45, 2.75) is 6.54 Å². The molecule has 1 N–H and O–H groups in total. The first-order chi connectivity index (χ1) is 9.58. The molecule has 2 rings (SSSR count). The number of pyridine rings is 1. The molecule has 0 radical (unpaired) electrons. The van der Waals surface area contributed by atoms with Crippen LogP contribution in [0.5, 0.6) is 0 Å². The number of nitrogens with one attached hydrogen (secondary N) is 1. The van der Waals surface area contributed by atoms with Crippen molar-refractivity contribution >= 4 is 17.2 Å². The Labute approximate surface area is 117 Å². The quantitative estimate of drug-likeness (QED) is 0.669. The molecule has 0 fully saturated rings. The van der Waals surface area contributed by atoms with Crippen LogP contribution in [0.2, 0.25) is 0 Å². The van der Waals surface area contributed by atoms with E-state index in [0.717, 1.165) is 11.3 Å². The summed E-state index contributed by atoms with van der Waals surface area (Å²) in [5, 5.41) is 13.9. The van der Waals surface area contributed by atoms with E-state index in [0.29, 0.717) is 6.54 Å². The SMILES string of the molecule is CN(C)c1ccc(CNc2ncccc2[N+](=O)[O-])cc1. The molecule has 0 spiro atoms. The molecule has 0 aliphatic rings. The molecule has 1 aromatic heterocycles. The average Bonchev–Trinajstić information content (AvgIpc) is 2.45. The van der Waals surface area contributed by atoms with Crippen molar-refractivity contribution in [3.05, 3.63) is 58.3 Å². The van der Waals surface area contributed by atoms with Crippen LogP contribution in [0.25, 0.3) is 0 Å². The smallest absolute Gasteiger partial charge is 0.311 e. The van der Waals surface area contributed by atoms with Crippen LogP contribution >= 0.6 is 0 Å². The van der Waals surface area contributed by atoms with Gasteiger partial charge in [0, 0.05) is 38.6 Å². The summed E-state index contributed by atoms with van der Waals surface area (Å²) in [6.07, 6.45) is 1.53. The summed E-state index contributed by atoms with van der Waals surface area (Å²) >= 11 is 0. The summed E-state index contributed by atoms with van der Waals surface area (Å²) in [4.78, 5) is 16.4. The van der Waals surface area contributed by atoms with E-state index >= 15 is 0 Å². The highest BCUT2D eigenvalue weighted by Gasteiger charge is 2.13. The van der Waals surface area contributed by atoms with E-state index in [9.17, 15) is 10.1 Å². The minimum absolute atomic E-state index is 0.0163. The van der Waals surface area contributed by atoms with Gasteiger partial charge in [-0.3, -0.25) is 10.1 Å². The van der Waals surface area contributed by atoms with Crippen LogP contribution in [0.4, 0.5) is 17.2 Å². The monoisotopic (exact) mass is 272 g/mol. The van der Waals surface area contributed by atoms with Crippen molar-refractivity contribution in [1.29, 1.82) is 0 Å². The highest BCUT2D eigenvalue weighted by Crippen LogP contribution is 2.21. The highest BCUT2D eigenvalue weighted by atomic mass is 16.6. The Kier molecular flexibility index (Phi) is 4.14. The summed E-state index contributed by atoms with van der Waals surface area (Å²) in [5.74, 6) is 0.286. The van der Waals surface area contributed by atoms with Gasteiger partial charge in [-0.05, 0) is 23.8 Å². The van der Waals surface area contributed by atoms with Gasteiger partial charge in [-0.15, -0.1) is 0 Å². The summed E-state index contributed by atoms with van der Waals surface area (Å²) in [6.45, 7) is 0.492. The Morgan fingerprint density at radius 1 is 1.25 bits per heavy atom. The topological polar surface area (TPSA) is 71.3 Å². The molecule has 0 unspecified atom stereocenters. The lowest BCUT2D eigenvalue weighted by atomic mass is 10.2. The lowest BCUT2D eigenvalue weighted by Crippen LogP contribution is -2.09. The zero-order valence-corrected chi connectivity index (χ0v) is 11.4. The number of benzene rings is 1. The fourth-order valence-electron chi connectivity index (χ4n) is 1.78. The van der Waals surface area contributed by atoms with Gasteiger partial charge >= 0.3 is 5.69 Å². The summed E-state index contributed by atoms with van der Waals surface area (Å²) in [5.41, 5.74) is 2.13. The van der Waals surface area contributed by atoms with Gasteiger partial charge in [0.2, 0.25) is 5.82 Å². The largest absolute Gasteiger partial charge is 0.378 e. The standard InChI is InChI=1S/C14H16N4O2/c1-17(2)12-7-5-11(6-8-12)10-16-14-13(18(19)20)4-3-9-15-14/h3-9H,10H2,1-2H3,(H,15,16). The normalized spacial score (nSPS) is 10.1. The highest BCUT2D eigenvalue weighted by molar-refractivity contribution is 5.55. The van der Waals surface area contributed by atoms with E-state index in [1.807, 2.05) is 43.3 Å². The molecule has 1 aromatic carbocycles. The first kappa shape index (κ1) is 13.8. The van der Waals surface area contributed by atoms with Crippen LogP contribution in [-0.2, 0) is 6.54 Å². The van der Waals surface area contributed by atoms with Crippen LogP contribution in [-0.4, -0.2) is 24.0 Å². The molecule has 0 saturated carbocycles. The van der Waals surface area contributed by atoms with Gasteiger partial charge in [-0.1, -0.05) is 12.1 Å². The second-order valence-corrected chi connectivity index (χ2v) is 4.54. The number of anilines is 2. The number of nitrogens with zero attached hydrogens (tertiary/aromatic N) is 3. The van der Waals surface area contributed by atoms with E-state index in [2.05, 4.69) is 10.3 Å². The van der Waals surface area contributed by atoms with Gasteiger partial charge in [0.25, 0.3) is 0 Å². The molecule has 0 saturated heterocycles. The van der Waals surface area contributed by atoms with Crippen molar-refractivity contribution in [1.82, 2.24) is 4.98 Å². The molecule has 20 heavy (non-hydrogen) atoms. The van der Waals surface area contributed by atoms with Crippen LogP contribution < -0.4 is 10.2 Å². The Morgan fingerprint density at radius 2 is 1.95 bits per heavy atom. The molecule has 2 aromatic rings. The number of nitro groups is 1. The van der Waals surface area contributed by atoms with Crippen LogP contribution in [0, 0.1) is 10.1 Å². The van der Waals surface area contributed by atoms with Crippen molar-refractivity contribution in [2.24, 2.45) is 0 Å². The van der Waals surface area contributed by atoms with E-state index < -0.39 is 4.92 Å². The molecule has 6 nitrogen and oxygen atoms in total. The van der Waals surface area contributed by atoms with Crippen molar-refractivity contribution in [2.75, 3.05) is 24.3 Å². The maximum absolute atomic E-state index is 10.9. The van der Waals surface area contributed by atoms with Crippen LogP contribution in [0.1, 0.15) is 5.56 Å². The molecule has 0 atom stereocenters. The van der Waals surface area contributed by atoms with Crippen LogP contribution in [0.15, 0.2) is 42.6 Å². The Balaban J connectivity index is 2.07. The number of hydrogen-bond acceptors (Lipinski definition) is 5. The third-order valence-electron chi connectivity index (χ3n) is 2.90. The Morgan fingerprint density at radius 3 is 2.55 bits per heavy atom. The van der Waals surface area contributed by atoms with E-state index in [1.54, 1.807) is 6.07 Å². The second kappa shape index (κ2) is 6.01. The summed E-state index contributed by atoms with van der Waals surface area (Å²) < 4.78 is 0. The number of hydrogen-bond donors (Lipinski definition) is 1. The molecule has 0 bridgehead atoms. The first-order valence-corrected chi connectivity index (χ1v) is 6.17. The maximum atomic E-state index is 10.9. The Hall–Kier alpha value is -2.63. The molecule has 6 heteroatoms. The fraction of sp³-hybridized carbons (Fsp3) is 0.214. The summed E-state index contributed by atoms with van der Waals surface area (Å²) in [6, 6.07) is 11.0. The molecule has 0 amide bonds. The first-order valence-electron chi connectivity index (χ1n) is 6.17. The third kappa shape index (κ3) is 3.23. The zero-order valence-electron chi connectivity index (χ0n) is 11.4. The predicted octanol–water partition coefficient (Wildman–Crippen LogP) is 2.67. The van der Waals surface area contributed by atoms with Gasteiger partial charge in [0.05, 0.1) is 4.92 Å². The molecule has 0 aliphatic heterocycles. The minimum atomic E-state index is -0.440. The summed E-state index contributed by atoms with van der Waals surface area (Å²) in [7, 11) is 3.95. The molecule has 1 heterocycles. The zero-order chi connectivity index (χ0) is 14.5. The average molecular weight is 272 g/mol. The van der Waals surface area contributed by atoms with Crippen molar-refractivity contribution < 1.29 is 4.92 Å². The van der Waals surface area contributed by atoms with E-state index in [1.165, 1.54) is 12.3 Å². The molecule has 0 aliphatic carbocycles. The number of rotatable bonds is 5. The van der Waals surface area contributed by atoms with Crippen LogP contribution in [0.3, 0.4) is 0 Å². The van der Waals surface area contributed by atoms with Gasteiger partial charge in [-0.25, -0.2) is 4.98 Å². The molecule has 104 valence electrons. The molecular formula is C14H16N4O2. The van der Waals surface area contributed by atoms with Gasteiger partial charge in [0.1, 0.15) is 0 Å². The van der Waals surface area contributed by atoms with E-state index in [-0.39, 0.29) is 11.5 Å². The van der Waals surface area contributed by atoms with Gasteiger partial charge in [-0.2, -0.15) is 0 Å². The van der Waals surface area contributed by atoms with Gasteiger partial charge < -0.3 is 10.2 Å². The Bertz CT molecular complexity index is 596. The number of aromatic nitrogens is 1. The lowest BCUT2D eigenvalue weighted by molar-refractivity contribution is -0.384. The van der Waals surface area contributed by atoms with E-state index in [4.69, 9.17) is 0 Å². The van der Waals surface area contributed by atoms with Crippen molar-refractivity contribution in [3.63, 3.8) is 0 Å². The lowest BCUT2D eigenvalue weighted by Gasteiger charge is -2.13. The van der Waals surface area contributed by atoms with Gasteiger partial charge in [0.15, 0.2) is 0 Å². The molecular weight excluding hydrogens is 256 g/mol. The fourth-order valence-corrected chi connectivity index (χ4v) is 1.78. The second-order valence-electron chi connectivity index (χ2n) is 4.54.